The Kier molecular flexibility index (Phi) is 4.39. The lowest BCUT2D eigenvalue weighted by atomic mass is 10.3. The molecule has 98 valence electrons. The van der Waals surface area contributed by atoms with Crippen molar-refractivity contribution in [2.24, 2.45) is 0 Å². The molecule has 0 radical (unpaired) electrons. The molecule has 0 spiro atoms. The zero-order valence-corrected chi connectivity index (χ0v) is 11.9. The number of nitro groups is 1. The molecule has 2 rings (SSSR count). The number of anilines is 1. The van der Waals surface area contributed by atoms with Crippen molar-refractivity contribution >= 4 is 39.3 Å². The first-order valence-corrected chi connectivity index (χ1v) is 6.79. The molecule has 1 N–H and O–H groups in total. The van der Waals surface area contributed by atoms with Crippen molar-refractivity contribution in [1.82, 2.24) is 0 Å². The molecule has 0 amide bonds. The first kappa shape index (κ1) is 13.8. The van der Waals surface area contributed by atoms with Crippen LogP contribution in [0.25, 0.3) is 0 Å². The molecule has 2 aromatic rings. The van der Waals surface area contributed by atoms with Crippen molar-refractivity contribution < 1.29 is 9.31 Å². The summed E-state index contributed by atoms with van der Waals surface area (Å²) in [7, 11) is 0. The van der Waals surface area contributed by atoms with Gasteiger partial charge in [0.15, 0.2) is 0 Å². The minimum absolute atomic E-state index is 0.137. The van der Waals surface area contributed by atoms with Gasteiger partial charge in [-0.15, -0.1) is 0 Å². The van der Waals surface area contributed by atoms with Crippen LogP contribution >= 0.6 is 27.9 Å². The van der Waals surface area contributed by atoms with E-state index in [0.29, 0.717) is 0 Å². The molecule has 0 aliphatic rings. The summed E-state index contributed by atoms with van der Waals surface area (Å²) < 4.78 is 17.4. The van der Waals surface area contributed by atoms with E-state index in [-0.39, 0.29) is 10.6 Å². The molecule has 7 heteroatoms. The Labute approximate surface area is 121 Å². The summed E-state index contributed by atoms with van der Waals surface area (Å²) in [5.74, 6) is -0.500. The number of hydrogen-bond acceptors (Lipinski definition) is 4. The number of nitro benzene ring substituents is 1. The number of rotatable bonds is 4. The van der Waals surface area contributed by atoms with Gasteiger partial charge in [-0.1, -0.05) is 15.9 Å². The lowest BCUT2D eigenvalue weighted by Crippen LogP contribution is -1.92. The number of halogens is 2. The fourth-order valence-electron chi connectivity index (χ4n) is 1.32. The van der Waals surface area contributed by atoms with Gasteiger partial charge in [-0.05, 0) is 42.3 Å². The molecule has 0 saturated carbocycles. The minimum Gasteiger partial charge on any atom is -0.326 e. The lowest BCUT2D eigenvalue weighted by molar-refractivity contribution is -0.385. The molecule has 4 nitrogen and oxygen atoms in total. The van der Waals surface area contributed by atoms with E-state index in [1.807, 2.05) is 24.3 Å². The molecule has 0 aliphatic heterocycles. The lowest BCUT2D eigenvalue weighted by Gasteiger charge is -2.06. The average Bonchev–Trinajstić information content (AvgIpc) is 2.39. The SMILES string of the molecule is O=[N+]([O-])c1ccc(F)c(SNc2ccc(Br)cc2)c1. The summed E-state index contributed by atoms with van der Waals surface area (Å²) in [6.07, 6.45) is 0. The van der Waals surface area contributed by atoms with Gasteiger partial charge in [-0.25, -0.2) is 4.39 Å². The highest BCUT2D eigenvalue weighted by Crippen LogP contribution is 2.27. The van der Waals surface area contributed by atoms with Crippen LogP contribution in [0.2, 0.25) is 0 Å². The molecular weight excluding hydrogens is 335 g/mol. The van der Waals surface area contributed by atoms with Crippen LogP contribution in [0.1, 0.15) is 0 Å². The second-order valence-corrected chi connectivity index (χ2v) is 5.35. The maximum atomic E-state index is 13.5. The molecule has 0 unspecified atom stereocenters. The third kappa shape index (κ3) is 3.68. The Morgan fingerprint density at radius 2 is 1.89 bits per heavy atom. The van der Waals surface area contributed by atoms with E-state index in [0.717, 1.165) is 34.2 Å². The molecular formula is C12H8BrFN2O2S. The van der Waals surface area contributed by atoms with Crippen molar-refractivity contribution in [2.45, 2.75) is 4.90 Å². The van der Waals surface area contributed by atoms with E-state index < -0.39 is 10.7 Å². The highest BCUT2D eigenvalue weighted by Gasteiger charge is 2.11. The summed E-state index contributed by atoms with van der Waals surface area (Å²) in [4.78, 5) is 10.2. The first-order chi connectivity index (χ1) is 9.06. The number of nitrogens with zero attached hydrogens (tertiary/aromatic N) is 1. The number of hydrogen-bond donors (Lipinski definition) is 1. The van der Waals surface area contributed by atoms with Gasteiger partial charge in [0.1, 0.15) is 5.82 Å². The fourth-order valence-corrected chi connectivity index (χ4v) is 2.29. The maximum absolute atomic E-state index is 13.5. The third-order valence-electron chi connectivity index (χ3n) is 2.25. The predicted octanol–water partition coefficient (Wildman–Crippen LogP) is 4.62. The first-order valence-electron chi connectivity index (χ1n) is 5.18. The number of nitrogens with one attached hydrogen (secondary N) is 1. The zero-order valence-electron chi connectivity index (χ0n) is 9.47. The molecule has 0 heterocycles. The molecule has 0 aromatic heterocycles. The van der Waals surface area contributed by atoms with Crippen molar-refractivity contribution in [3.05, 3.63) is 62.9 Å². The van der Waals surface area contributed by atoms with Crippen molar-refractivity contribution in [1.29, 1.82) is 0 Å². The Morgan fingerprint density at radius 1 is 1.21 bits per heavy atom. The highest BCUT2D eigenvalue weighted by atomic mass is 79.9. The van der Waals surface area contributed by atoms with Crippen molar-refractivity contribution in [3.8, 4) is 0 Å². The van der Waals surface area contributed by atoms with Crippen molar-refractivity contribution in [3.63, 3.8) is 0 Å². The Balaban J connectivity index is 2.12. The largest absolute Gasteiger partial charge is 0.326 e. The van der Waals surface area contributed by atoms with Gasteiger partial charge in [0.25, 0.3) is 5.69 Å². The summed E-state index contributed by atoms with van der Waals surface area (Å²) in [5, 5.41) is 10.6. The summed E-state index contributed by atoms with van der Waals surface area (Å²) in [5.41, 5.74) is 0.639. The third-order valence-corrected chi connectivity index (χ3v) is 3.65. The zero-order chi connectivity index (χ0) is 13.8. The normalized spacial score (nSPS) is 10.2. The molecule has 0 aliphatic carbocycles. The van der Waals surface area contributed by atoms with Gasteiger partial charge in [-0.2, -0.15) is 0 Å². The van der Waals surface area contributed by atoms with E-state index in [1.165, 1.54) is 6.07 Å². The van der Waals surface area contributed by atoms with Gasteiger partial charge in [0, 0.05) is 22.3 Å². The summed E-state index contributed by atoms with van der Waals surface area (Å²) in [6.45, 7) is 0. The quantitative estimate of drug-likeness (QED) is 0.500. The van der Waals surface area contributed by atoms with E-state index in [4.69, 9.17) is 0 Å². The molecule has 0 bridgehead atoms. The summed E-state index contributed by atoms with van der Waals surface area (Å²) in [6, 6.07) is 10.7. The van der Waals surface area contributed by atoms with Crippen LogP contribution in [0.15, 0.2) is 51.8 Å². The predicted molar refractivity (Wildman–Crippen MR) is 76.7 cm³/mol. The van der Waals surface area contributed by atoms with Gasteiger partial charge < -0.3 is 4.72 Å². The van der Waals surface area contributed by atoms with Gasteiger partial charge >= 0.3 is 0 Å². The summed E-state index contributed by atoms with van der Waals surface area (Å²) >= 11 is 4.30. The second kappa shape index (κ2) is 6.03. The maximum Gasteiger partial charge on any atom is 0.270 e. The van der Waals surface area contributed by atoms with Crippen LogP contribution in [-0.4, -0.2) is 4.92 Å². The average molecular weight is 343 g/mol. The van der Waals surface area contributed by atoms with E-state index in [1.54, 1.807) is 0 Å². The minimum atomic E-state index is -0.552. The molecule has 0 fully saturated rings. The van der Waals surface area contributed by atoms with E-state index >= 15 is 0 Å². The Hall–Kier alpha value is -1.60. The van der Waals surface area contributed by atoms with Crippen LogP contribution < -0.4 is 4.72 Å². The molecule has 0 atom stereocenters. The Bertz CT molecular complexity index is 607. The molecule has 2 aromatic carbocycles. The fraction of sp³-hybridized carbons (Fsp3) is 0. The van der Waals surface area contributed by atoms with Gasteiger partial charge in [0.05, 0.1) is 9.82 Å². The highest BCUT2D eigenvalue weighted by molar-refractivity contribution is 9.10. The van der Waals surface area contributed by atoms with Gasteiger partial charge in [-0.3, -0.25) is 10.1 Å². The van der Waals surface area contributed by atoms with Crippen LogP contribution in [-0.2, 0) is 0 Å². The monoisotopic (exact) mass is 342 g/mol. The number of benzene rings is 2. The van der Waals surface area contributed by atoms with Gasteiger partial charge in [0.2, 0.25) is 0 Å². The van der Waals surface area contributed by atoms with Crippen molar-refractivity contribution in [2.75, 3.05) is 4.72 Å². The van der Waals surface area contributed by atoms with Crippen LogP contribution in [0.5, 0.6) is 0 Å². The van der Waals surface area contributed by atoms with E-state index in [2.05, 4.69) is 20.7 Å². The standard InChI is InChI=1S/C12H8BrFN2O2S/c13-8-1-3-9(4-2-8)15-19-12-7-10(16(17)18)5-6-11(12)14/h1-7,15H. The Morgan fingerprint density at radius 3 is 2.53 bits per heavy atom. The van der Waals surface area contributed by atoms with E-state index in [9.17, 15) is 14.5 Å². The topological polar surface area (TPSA) is 55.2 Å². The van der Waals surface area contributed by atoms with Crippen LogP contribution in [0, 0.1) is 15.9 Å². The smallest absolute Gasteiger partial charge is 0.270 e. The van der Waals surface area contributed by atoms with Crippen LogP contribution in [0.4, 0.5) is 15.8 Å². The molecule has 19 heavy (non-hydrogen) atoms. The number of non-ortho nitro benzene ring substituents is 1. The van der Waals surface area contributed by atoms with Crippen LogP contribution in [0.3, 0.4) is 0 Å². The molecule has 0 saturated heterocycles. The second-order valence-electron chi connectivity index (χ2n) is 3.58.